The van der Waals surface area contributed by atoms with Crippen LogP contribution in [0.3, 0.4) is 0 Å². The van der Waals surface area contributed by atoms with Gasteiger partial charge in [-0.1, -0.05) is 12.1 Å². The molecule has 124 valence electrons. The molecule has 0 saturated carbocycles. The van der Waals surface area contributed by atoms with Crippen LogP contribution in [0.4, 0.5) is 5.69 Å². The molecule has 7 nitrogen and oxygen atoms in total. The number of hydrogen-bond acceptors (Lipinski definition) is 5. The molecule has 1 aromatic carbocycles. The molecule has 1 saturated heterocycles. The van der Waals surface area contributed by atoms with Gasteiger partial charge in [-0.3, -0.25) is 9.59 Å². The van der Waals surface area contributed by atoms with Gasteiger partial charge in [0.1, 0.15) is 11.8 Å². The molecule has 2 N–H and O–H groups in total. The number of esters is 1. The van der Waals surface area contributed by atoms with Gasteiger partial charge in [0, 0.05) is 13.1 Å². The fraction of sp³-hybridized carbons (Fsp3) is 0.400. The van der Waals surface area contributed by atoms with Gasteiger partial charge < -0.3 is 25.0 Å². The van der Waals surface area contributed by atoms with E-state index < -0.39 is 12.0 Å². The van der Waals surface area contributed by atoms with Gasteiger partial charge in [-0.25, -0.2) is 0 Å². The monoisotopic (exact) mass is 337 g/mol. The van der Waals surface area contributed by atoms with Crippen molar-refractivity contribution in [3.05, 3.63) is 24.3 Å². The average molecular weight is 337 g/mol. The zero-order valence-electron chi connectivity index (χ0n) is 13.0. The van der Waals surface area contributed by atoms with Gasteiger partial charge in [-0.15, -0.1) is 0 Å². The third-order valence-corrected chi connectivity index (χ3v) is 3.86. The number of piperazine rings is 1. The van der Waals surface area contributed by atoms with Crippen LogP contribution in [-0.4, -0.2) is 55.2 Å². The second kappa shape index (κ2) is 7.77. The minimum Gasteiger partial charge on any atom is -0.495 e. The summed E-state index contributed by atoms with van der Waals surface area (Å²) < 4.78 is 9.92. The van der Waals surface area contributed by atoms with Crippen molar-refractivity contribution >= 4 is 34.9 Å². The highest BCUT2D eigenvalue weighted by Gasteiger charge is 2.33. The molecule has 0 bridgehead atoms. The van der Waals surface area contributed by atoms with Crippen LogP contribution >= 0.6 is 12.2 Å². The van der Waals surface area contributed by atoms with E-state index >= 15 is 0 Å². The minimum absolute atomic E-state index is 0.0594. The number of hydrogen-bond donors (Lipinski definition) is 2. The maximum Gasteiger partial charge on any atom is 0.308 e. The van der Waals surface area contributed by atoms with Crippen LogP contribution in [0.25, 0.3) is 0 Å². The first-order valence-electron chi connectivity index (χ1n) is 7.12. The summed E-state index contributed by atoms with van der Waals surface area (Å²) in [5.41, 5.74) is 0.697. The van der Waals surface area contributed by atoms with Crippen molar-refractivity contribution in [3.63, 3.8) is 0 Å². The molecule has 1 aliphatic heterocycles. The molecule has 2 rings (SSSR count). The van der Waals surface area contributed by atoms with E-state index in [-0.39, 0.29) is 12.3 Å². The molecule has 23 heavy (non-hydrogen) atoms. The quantitative estimate of drug-likeness (QED) is 0.620. The van der Waals surface area contributed by atoms with Gasteiger partial charge in [-0.2, -0.15) is 0 Å². The Kier molecular flexibility index (Phi) is 5.75. The Morgan fingerprint density at radius 1 is 1.43 bits per heavy atom. The fourth-order valence-corrected chi connectivity index (χ4v) is 2.67. The van der Waals surface area contributed by atoms with E-state index in [1.165, 1.54) is 7.11 Å². The van der Waals surface area contributed by atoms with Crippen LogP contribution < -0.4 is 15.4 Å². The van der Waals surface area contributed by atoms with Crippen molar-refractivity contribution in [2.75, 3.05) is 32.6 Å². The Morgan fingerprint density at radius 2 is 2.17 bits per heavy atom. The van der Waals surface area contributed by atoms with Crippen LogP contribution in [0.2, 0.25) is 0 Å². The van der Waals surface area contributed by atoms with Gasteiger partial charge >= 0.3 is 5.97 Å². The van der Waals surface area contributed by atoms with Crippen LogP contribution in [0.15, 0.2) is 24.3 Å². The maximum absolute atomic E-state index is 12.1. The van der Waals surface area contributed by atoms with Gasteiger partial charge in [0.25, 0.3) is 0 Å². The molecular weight excluding hydrogens is 318 g/mol. The highest BCUT2D eigenvalue weighted by Crippen LogP contribution is 2.24. The molecule has 1 fully saturated rings. The molecule has 0 spiro atoms. The van der Waals surface area contributed by atoms with Crippen molar-refractivity contribution in [1.82, 2.24) is 10.2 Å². The lowest BCUT2D eigenvalue weighted by Crippen LogP contribution is -2.58. The number of thiocarbonyl (C=S) groups is 1. The lowest BCUT2D eigenvalue weighted by atomic mass is 10.1. The summed E-state index contributed by atoms with van der Waals surface area (Å²) in [7, 11) is 2.86. The lowest BCUT2D eigenvalue weighted by molar-refractivity contribution is -0.144. The molecule has 0 aromatic heterocycles. The van der Waals surface area contributed by atoms with Crippen molar-refractivity contribution < 1.29 is 19.1 Å². The smallest absolute Gasteiger partial charge is 0.308 e. The Bertz CT molecular complexity index is 608. The molecule has 0 aliphatic carbocycles. The largest absolute Gasteiger partial charge is 0.495 e. The van der Waals surface area contributed by atoms with Crippen molar-refractivity contribution in [3.8, 4) is 5.75 Å². The van der Waals surface area contributed by atoms with Crippen molar-refractivity contribution in [1.29, 1.82) is 0 Å². The van der Waals surface area contributed by atoms with Gasteiger partial charge in [0.15, 0.2) is 5.11 Å². The third-order valence-electron chi connectivity index (χ3n) is 3.53. The molecular formula is C15H19N3O4S. The van der Waals surface area contributed by atoms with E-state index in [4.69, 9.17) is 17.0 Å². The van der Waals surface area contributed by atoms with Crippen LogP contribution in [0, 0.1) is 0 Å². The molecule has 1 aliphatic rings. The average Bonchev–Trinajstić information content (AvgIpc) is 2.56. The van der Waals surface area contributed by atoms with Crippen LogP contribution in [-0.2, 0) is 14.3 Å². The molecule has 0 radical (unpaired) electrons. The predicted molar refractivity (Wildman–Crippen MR) is 89.4 cm³/mol. The number of carbonyl (C=O) groups excluding carboxylic acids is 2. The normalized spacial score (nSPS) is 17.2. The van der Waals surface area contributed by atoms with E-state index in [1.54, 1.807) is 18.1 Å². The number of rotatable bonds is 4. The van der Waals surface area contributed by atoms with Crippen LogP contribution in [0.1, 0.15) is 6.42 Å². The first kappa shape index (κ1) is 17.0. The fourth-order valence-electron chi connectivity index (χ4n) is 2.34. The molecule has 1 aromatic rings. The molecule has 1 heterocycles. The lowest BCUT2D eigenvalue weighted by Gasteiger charge is -2.36. The van der Waals surface area contributed by atoms with Gasteiger partial charge in [0.05, 0.1) is 26.3 Å². The number of anilines is 1. The maximum atomic E-state index is 12.1. The Labute approximate surface area is 139 Å². The summed E-state index contributed by atoms with van der Waals surface area (Å²) in [4.78, 5) is 25.3. The number of amides is 1. The number of nitrogens with one attached hydrogen (secondary N) is 2. The number of benzene rings is 1. The second-order valence-corrected chi connectivity index (χ2v) is 5.30. The second-order valence-electron chi connectivity index (χ2n) is 4.91. The van der Waals surface area contributed by atoms with E-state index in [0.29, 0.717) is 29.6 Å². The zero-order valence-corrected chi connectivity index (χ0v) is 13.8. The summed E-state index contributed by atoms with van der Waals surface area (Å²) in [5, 5.41) is 6.17. The summed E-state index contributed by atoms with van der Waals surface area (Å²) in [6.45, 7) is 0.971. The number of methoxy groups -OCH3 is 2. The predicted octanol–water partition coefficient (Wildman–Crippen LogP) is 0.756. The molecule has 8 heteroatoms. The standard InChI is InChI=1S/C15H19N3O4S/c1-21-12-6-4-3-5-10(12)17-15(23)18-8-7-16-14(20)11(18)9-13(19)22-2/h3-6,11H,7-9H2,1-2H3,(H,16,20)(H,17,23)/t11-/m1/s1. The first-order valence-corrected chi connectivity index (χ1v) is 7.52. The van der Waals surface area contributed by atoms with E-state index in [2.05, 4.69) is 15.4 Å². The van der Waals surface area contributed by atoms with Crippen LogP contribution in [0.5, 0.6) is 5.75 Å². The van der Waals surface area contributed by atoms with E-state index in [1.807, 2.05) is 18.2 Å². The van der Waals surface area contributed by atoms with Gasteiger partial charge in [-0.05, 0) is 24.4 Å². The molecule has 1 amide bonds. The Balaban J connectivity index is 2.14. The summed E-state index contributed by atoms with van der Waals surface area (Å²) in [5.74, 6) is -0.0659. The number of carbonyl (C=O) groups is 2. The topological polar surface area (TPSA) is 79.9 Å². The SMILES string of the molecule is COC(=O)C[C@@H]1C(=O)NCCN1C(=S)Nc1ccccc1OC. The van der Waals surface area contributed by atoms with E-state index in [0.717, 1.165) is 0 Å². The van der Waals surface area contributed by atoms with Crippen molar-refractivity contribution in [2.45, 2.75) is 12.5 Å². The minimum atomic E-state index is -0.689. The van der Waals surface area contributed by atoms with Crippen molar-refractivity contribution in [2.24, 2.45) is 0 Å². The summed E-state index contributed by atoms with van der Waals surface area (Å²) >= 11 is 5.41. The van der Waals surface area contributed by atoms with Gasteiger partial charge in [0.2, 0.25) is 5.91 Å². The highest BCUT2D eigenvalue weighted by atomic mass is 32.1. The van der Waals surface area contributed by atoms with E-state index in [9.17, 15) is 9.59 Å². The number of ether oxygens (including phenoxy) is 2. The highest BCUT2D eigenvalue weighted by molar-refractivity contribution is 7.80. The molecule has 1 atom stereocenters. The third kappa shape index (κ3) is 4.10. The Morgan fingerprint density at radius 3 is 2.87 bits per heavy atom. The number of para-hydroxylation sites is 2. The summed E-state index contributed by atoms with van der Waals surface area (Å²) in [6.07, 6.45) is -0.0594. The Hall–Kier alpha value is -2.35. The zero-order chi connectivity index (χ0) is 16.8. The number of nitrogens with zero attached hydrogens (tertiary/aromatic N) is 1. The summed E-state index contributed by atoms with van der Waals surface area (Å²) in [6, 6.07) is 6.64. The molecule has 0 unspecified atom stereocenters. The first-order chi connectivity index (χ1) is 11.1.